The molecule has 0 unspecified atom stereocenters. The van der Waals surface area contributed by atoms with Crippen LogP contribution in [0.25, 0.3) is 0 Å². The molecule has 3 N–H and O–H groups in total. The summed E-state index contributed by atoms with van der Waals surface area (Å²) in [6.07, 6.45) is 0.0914. The Labute approximate surface area is 144 Å². The van der Waals surface area contributed by atoms with Gasteiger partial charge in [0, 0.05) is 11.2 Å². The van der Waals surface area contributed by atoms with Gasteiger partial charge in [-0.25, -0.2) is 4.79 Å². The fourth-order valence-electron chi connectivity index (χ4n) is 2.02. The van der Waals surface area contributed by atoms with Crippen LogP contribution in [0.5, 0.6) is 5.75 Å². The lowest BCUT2D eigenvalue weighted by molar-refractivity contribution is -0.123. The summed E-state index contributed by atoms with van der Waals surface area (Å²) >= 11 is 0. The van der Waals surface area contributed by atoms with Crippen molar-refractivity contribution in [2.45, 2.75) is 66.2 Å². The van der Waals surface area contributed by atoms with Crippen LogP contribution in [0.1, 0.15) is 47.1 Å². The van der Waals surface area contributed by atoms with E-state index < -0.39 is 12.1 Å². The van der Waals surface area contributed by atoms with Crippen molar-refractivity contribution in [3.63, 3.8) is 0 Å². The number of nitrogens with one attached hydrogen (secondary N) is 3. The second-order valence-corrected chi connectivity index (χ2v) is 7.20. The molecule has 1 rings (SSSR count). The summed E-state index contributed by atoms with van der Waals surface area (Å²) in [5, 5.41) is 8.21. The van der Waals surface area contributed by atoms with E-state index in [1.165, 1.54) is 0 Å². The number of rotatable bonds is 5. The van der Waals surface area contributed by atoms with Crippen LogP contribution in [-0.4, -0.2) is 29.6 Å². The minimum atomic E-state index is -0.631. The van der Waals surface area contributed by atoms with Crippen molar-refractivity contribution in [3.05, 3.63) is 23.8 Å². The van der Waals surface area contributed by atoms with Gasteiger partial charge in [0.1, 0.15) is 11.8 Å². The molecule has 1 atom stereocenters. The SMILES string of the molecule is Cc1cc(OC(C)C)ccc1NC(=O)N[C@H](C)C(=O)NC(C)(C)C. The van der Waals surface area contributed by atoms with Gasteiger partial charge in [0.2, 0.25) is 5.91 Å². The molecular formula is C18H29N3O3. The lowest BCUT2D eigenvalue weighted by atomic mass is 10.1. The topological polar surface area (TPSA) is 79.5 Å². The Morgan fingerprint density at radius 3 is 2.25 bits per heavy atom. The van der Waals surface area contributed by atoms with Gasteiger partial charge in [-0.1, -0.05) is 0 Å². The zero-order valence-electron chi connectivity index (χ0n) is 15.6. The molecule has 0 saturated heterocycles. The highest BCUT2D eigenvalue weighted by Gasteiger charge is 2.20. The van der Waals surface area contributed by atoms with Crippen LogP contribution in [-0.2, 0) is 4.79 Å². The highest BCUT2D eigenvalue weighted by Crippen LogP contribution is 2.22. The predicted octanol–water partition coefficient (Wildman–Crippen LogP) is 3.21. The molecule has 1 aromatic rings. The van der Waals surface area contributed by atoms with E-state index >= 15 is 0 Å². The summed E-state index contributed by atoms with van der Waals surface area (Å²) in [7, 11) is 0. The Morgan fingerprint density at radius 1 is 1.12 bits per heavy atom. The maximum Gasteiger partial charge on any atom is 0.319 e. The first-order valence-corrected chi connectivity index (χ1v) is 8.15. The van der Waals surface area contributed by atoms with E-state index in [1.807, 2.05) is 47.6 Å². The minimum absolute atomic E-state index is 0.0914. The fraction of sp³-hybridized carbons (Fsp3) is 0.556. The Bertz CT molecular complexity index is 592. The molecule has 0 aliphatic heterocycles. The van der Waals surface area contributed by atoms with Gasteiger partial charge in [-0.05, 0) is 72.2 Å². The highest BCUT2D eigenvalue weighted by molar-refractivity contribution is 5.94. The Morgan fingerprint density at radius 2 is 1.75 bits per heavy atom. The molecule has 0 spiro atoms. The molecule has 6 heteroatoms. The molecule has 0 saturated carbocycles. The predicted molar refractivity (Wildman–Crippen MR) is 96.5 cm³/mol. The molecule has 134 valence electrons. The molecule has 24 heavy (non-hydrogen) atoms. The Kier molecular flexibility index (Phi) is 6.63. The molecule has 0 aliphatic rings. The lowest BCUT2D eigenvalue weighted by Gasteiger charge is -2.23. The van der Waals surface area contributed by atoms with Crippen molar-refractivity contribution in [2.75, 3.05) is 5.32 Å². The van der Waals surface area contributed by atoms with Crippen LogP contribution in [0.3, 0.4) is 0 Å². The summed E-state index contributed by atoms with van der Waals surface area (Å²) in [5.74, 6) is 0.529. The third kappa shape index (κ3) is 6.89. The Hall–Kier alpha value is -2.24. The van der Waals surface area contributed by atoms with Gasteiger partial charge in [0.15, 0.2) is 0 Å². The van der Waals surface area contributed by atoms with Gasteiger partial charge in [0.05, 0.1) is 6.10 Å². The summed E-state index contributed by atoms with van der Waals surface area (Å²) in [6.45, 7) is 13.1. The van der Waals surface area contributed by atoms with Crippen molar-refractivity contribution < 1.29 is 14.3 Å². The summed E-state index contributed by atoms with van der Waals surface area (Å²) in [5.41, 5.74) is 1.22. The minimum Gasteiger partial charge on any atom is -0.491 e. The summed E-state index contributed by atoms with van der Waals surface area (Å²) < 4.78 is 5.62. The molecule has 0 bridgehead atoms. The summed E-state index contributed by atoms with van der Waals surface area (Å²) in [6, 6.07) is 4.40. The molecule has 0 aliphatic carbocycles. The van der Waals surface area contributed by atoms with Crippen molar-refractivity contribution in [1.29, 1.82) is 0 Å². The molecule has 1 aromatic carbocycles. The van der Waals surface area contributed by atoms with Crippen LogP contribution in [0, 0.1) is 6.92 Å². The van der Waals surface area contributed by atoms with Crippen molar-refractivity contribution in [3.8, 4) is 5.75 Å². The number of ether oxygens (including phenoxy) is 1. The number of urea groups is 1. The van der Waals surface area contributed by atoms with E-state index in [1.54, 1.807) is 19.1 Å². The number of aryl methyl sites for hydroxylation is 1. The number of hydrogen-bond donors (Lipinski definition) is 3. The van der Waals surface area contributed by atoms with E-state index in [-0.39, 0.29) is 17.6 Å². The van der Waals surface area contributed by atoms with Crippen LogP contribution in [0.15, 0.2) is 18.2 Å². The van der Waals surface area contributed by atoms with Gasteiger partial charge in [-0.15, -0.1) is 0 Å². The number of carbonyl (C=O) groups excluding carboxylic acids is 2. The van der Waals surface area contributed by atoms with Gasteiger partial charge in [-0.2, -0.15) is 0 Å². The van der Waals surface area contributed by atoms with E-state index in [2.05, 4.69) is 16.0 Å². The zero-order chi connectivity index (χ0) is 18.5. The van der Waals surface area contributed by atoms with Crippen molar-refractivity contribution in [2.24, 2.45) is 0 Å². The average molecular weight is 335 g/mol. The largest absolute Gasteiger partial charge is 0.491 e. The highest BCUT2D eigenvalue weighted by atomic mass is 16.5. The van der Waals surface area contributed by atoms with E-state index in [4.69, 9.17) is 4.74 Å². The Balaban J connectivity index is 2.63. The van der Waals surface area contributed by atoms with Gasteiger partial charge >= 0.3 is 6.03 Å². The molecule has 6 nitrogen and oxygen atoms in total. The maximum atomic E-state index is 12.1. The number of carbonyl (C=O) groups is 2. The first-order chi connectivity index (χ1) is 11.0. The molecule has 0 fully saturated rings. The monoisotopic (exact) mass is 335 g/mol. The summed E-state index contributed by atoms with van der Waals surface area (Å²) in [4.78, 5) is 24.1. The zero-order valence-corrected chi connectivity index (χ0v) is 15.6. The number of hydrogen-bond acceptors (Lipinski definition) is 3. The van der Waals surface area contributed by atoms with Gasteiger partial charge < -0.3 is 20.7 Å². The molecular weight excluding hydrogens is 306 g/mol. The molecule has 0 heterocycles. The van der Waals surface area contributed by atoms with Gasteiger partial charge in [0.25, 0.3) is 0 Å². The van der Waals surface area contributed by atoms with E-state index in [0.717, 1.165) is 11.3 Å². The van der Waals surface area contributed by atoms with Crippen molar-refractivity contribution >= 4 is 17.6 Å². The standard InChI is InChI=1S/C18H29N3O3/c1-11(2)24-14-8-9-15(12(3)10-14)20-17(23)19-13(4)16(22)21-18(5,6)7/h8-11,13H,1-7H3,(H,21,22)(H2,19,20,23)/t13-/m1/s1. The van der Waals surface area contributed by atoms with E-state index in [9.17, 15) is 9.59 Å². The van der Waals surface area contributed by atoms with E-state index in [0.29, 0.717) is 5.69 Å². The second kappa shape index (κ2) is 8.04. The normalized spacial score (nSPS) is 12.5. The first kappa shape index (κ1) is 19.8. The quantitative estimate of drug-likeness (QED) is 0.773. The fourth-order valence-corrected chi connectivity index (χ4v) is 2.02. The smallest absolute Gasteiger partial charge is 0.319 e. The van der Waals surface area contributed by atoms with Crippen LogP contribution >= 0.6 is 0 Å². The third-order valence-electron chi connectivity index (χ3n) is 3.06. The number of amides is 3. The average Bonchev–Trinajstić information content (AvgIpc) is 2.39. The van der Waals surface area contributed by atoms with Crippen LogP contribution in [0.2, 0.25) is 0 Å². The molecule has 3 amide bonds. The lowest BCUT2D eigenvalue weighted by Crippen LogP contribution is -2.51. The molecule has 0 aromatic heterocycles. The maximum absolute atomic E-state index is 12.1. The van der Waals surface area contributed by atoms with Gasteiger partial charge in [-0.3, -0.25) is 4.79 Å². The molecule has 0 radical (unpaired) electrons. The first-order valence-electron chi connectivity index (χ1n) is 8.15. The van der Waals surface area contributed by atoms with Crippen LogP contribution in [0.4, 0.5) is 10.5 Å². The number of benzene rings is 1. The van der Waals surface area contributed by atoms with Crippen LogP contribution < -0.4 is 20.7 Å². The second-order valence-electron chi connectivity index (χ2n) is 7.20. The van der Waals surface area contributed by atoms with Crippen molar-refractivity contribution in [1.82, 2.24) is 10.6 Å². The number of anilines is 1. The third-order valence-corrected chi connectivity index (χ3v) is 3.06.